The Morgan fingerprint density at radius 1 is 0.673 bits per heavy atom. The molecule has 3 aromatic heterocycles. The van der Waals surface area contributed by atoms with Crippen LogP contribution >= 0.6 is 0 Å². The molecule has 9 rings (SSSR count). The standard InChI is InChI=1S/C45H39N4O2.Pt/c1-44(2,3)28-18-19-46-43(22-28)49-37-14-10-8-12-33(37)34-17-16-31(24-38(34)49)50-32-21-29(45(4,5)6)20-30(23-32)48-27-47(7)39-26-42-36(25-40(39)48)35-13-9-11-15-41(35)51-42;/h8-22,25-27H,1-7H3;/q-3;. The second-order valence-corrected chi connectivity index (χ2v) is 15.6. The topological polar surface area (TPSA) is 46.7 Å². The average Bonchev–Trinajstić information content (AvgIpc) is 3.75. The van der Waals surface area contributed by atoms with Crippen LogP contribution in [0, 0.1) is 18.8 Å². The van der Waals surface area contributed by atoms with Crippen LogP contribution in [0.3, 0.4) is 0 Å². The Balaban J connectivity index is 0.00000387. The first-order valence-corrected chi connectivity index (χ1v) is 17.4. The van der Waals surface area contributed by atoms with E-state index in [0.717, 1.165) is 72.2 Å². The molecule has 0 aliphatic carbocycles. The van der Waals surface area contributed by atoms with E-state index in [1.165, 1.54) is 5.56 Å². The van der Waals surface area contributed by atoms with E-state index >= 15 is 0 Å². The molecule has 0 unspecified atom stereocenters. The number of hydrogen-bond donors (Lipinski definition) is 0. The van der Waals surface area contributed by atoms with Gasteiger partial charge in [0.15, 0.2) is 0 Å². The van der Waals surface area contributed by atoms with E-state index < -0.39 is 0 Å². The number of anilines is 3. The maximum absolute atomic E-state index is 6.70. The molecule has 0 bridgehead atoms. The zero-order valence-corrected chi connectivity index (χ0v) is 32.6. The van der Waals surface area contributed by atoms with Crippen LogP contribution in [0.25, 0.3) is 49.6 Å². The van der Waals surface area contributed by atoms with E-state index in [2.05, 4.69) is 161 Å². The minimum absolute atomic E-state index is 0. The third-order valence-electron chi connectivity index (χ3n) is 9.98. The molecule has 0 saturated heterocycles. The van der Waals surface area contributed by atoms with Crippen LogP contribution in [-0.4, -0.2) is 16.6 Å². The van der Waals surface area contributed by atoms with Gasteiger partial charge in [0.25, 0.3) is 0 Å². The molecule has 52 heavy (non-hydrogen) atoms. The number of para-hydroxylation sites is 2. The molecular formula is C45H39N4O2Pt-3. The van der Waals surface area contributed by atoms with Gasteiger partial charge in [-0.2, -0.15) is 12.7 Å². The van der Waals surface area contributed by atoms with E-state index in [0.29, 0.717) is 11.5 Å². The number of furan rings is 1. The van der Waals surface area contributed by atoms with Crippen molar-refractivity contribution in [2.24, 2.45) is 0 Å². The van der Waals surface area contributed by atoms with Crippen LogP contribution in [0.4, 0.5) is 17.1 Å². The number of aromatic nitrogens is 2. The van der Waals surface area contributed by atoms with Crippen LogP contribution in [0.5, 0.6) is 11.5 Å². The van der Waals surface area contributed by atoms with Crippen molar-refractivity contribution in [1.29, 1.82) is 0 Å². The number of pyridine rings is 1. The number of rotatable bonds is 4. The second kappa shape index (κ2) is 12.3. The largest absolute Gasteiger partial charge is 0.509 e. The molecule has 0 atom stereocenters. The molecule has 0 spiro atoms. The average molecular weight is 863 g/mol. The normalized spacial score (nSPS) is 13.4. The van der Waals surface area contributed by atoms with Crippen molar-refractivity contribution < 1.29 is 30.2 Å². The Hall–Kier alpha value is -5.06. The third kappa shape index (κ3) is 5.65. The molecule has 5 aromatic carbocycles. The molecule has 7 heteroatoms. The monoisotopic (exact) mass is 862 g/mol. The molecule has 0 amide bonds. The second-order valence-electron chi connectivity index (χ2n) is 15.6. The first-order chi connectivity index (χ1) is 24.4. The van der Waals surface area contributed by atoms with Gasteiger partial charge in [-0.25, -0.2) is 4.98 Å². The molecule has 1 aliphatic rings. The summed E-state index contributed by atoms with van der Waals surface area (Å²) in [4.78, 5) is 9.16. The summed E-state index contributed by atoms with van der Waals surface area (Å²) in [6.07, 6.45) is 1.90. The minimum Gasteiger partial charge on any atom is -0.509 e. The van der Waals surface area contributed by atoms with Gasteiger partial charge in [0.05, 0.1) is 0 Å². The first kappa shape index (κ1) is 34.0. The van der Waals surface area contributed by atoms with Crippen LogP contribution in [0.15, 0.2) is 108 Å². The predicted molar refractivity (Wildman–Crippen MR) is 209 cm³/mol. The van der Waals surface area contributed by atoms with Crippen LogP contribution in [0.2, 0.25) is 0 Å². The fraction of sp³-hybridized carbons (Fsp3) is 0.200. The zero-order chi connectivity index (χ0) is 35.2. The molecule has 0 radical (unpaired) electrons. The quantitative estimate of drug-likeness (QED) is 0.165. The molecule has 8 aromatic rings. The van der Waals surface area contributed by atoms with Gasteiger partial charge in [0.2, 0.25) is 0 Å². The summed E-state index contributed by atoms with van der Waals surface area (Å²) < 4.78 is 15.1. The molecule has 264 valence electrons. The van der Waals surface area contributed by atoms with Crippen molar-refractivity contribution in [2.45, 2.75) is 52.4 Å². The van der Waals surface area contributed by atoms with Crippen LogP contribution in [0.1, 0.15) is 52.7 Å². The van der Waals surface area contributed by atoms with Crippen LogP contribution in [-0.2, 0) is 31.9 Å². The molecule has 0 fully saturated rings. The summed E-state index contributed by atoms with van der Waals surface area (Å²) in [5.74, 6) is 2.10. The molecule has 6 nitrogen and oxygen atoms in total. The van der Waals surface area contributed by atoms with E-state index in [1.807, 2.05) is 24.4 Å². The number of benzene rings is 5. The summed E-state index contributed by atoms with van der Waals surface area (Å²) in [5.41, 5.74) is 8.99. The van der Waals surface area contributed by atoms with E-state index in [-0.39, 0.29) is 31.9 Å². The molecule has 4 heterocycles. The van der Waals surface area contributed by atoms with Gasteiger partial charge in [-0.3, -0.25) is 0 Å². The Morgan fingerprint density at radius 3 is 2.21 bits per heavy atom. The van der Waals surface area contributed by atoms with Crippen molar-refractivity contribution in [3.8, 4) is 17.3 Å². The SMILES string of the molecule is CN1[CH-]N(c2[c-]c(Oc3[c-]c4c(cc3)c3ccccc3n4-c3cc(C(C)(C)C)ccn3)cc(C(C)(C)C)c2)c2cc3c(cc21)oc1ccccc13.[Pt]. The smallest absolute Gasteiger partial charge is 0.137 e. The van der Waals surface area contributed by atoms with E-state index in [9.17, 15) is 0 Å². The van der Waals surface area contributed by atoms with Gasteiger partial charge in [-0.05, 0) is 59.2 Å². The Kier molecular flexibility index (Phi) is 8.04. The van der Waals surface area contributed by atoms with Crippen molar-refractivity contribution >= 4 is 60.8 Å². The van der Waals surface area contributed by atoms with E-state index in [4.69, 9.17) is 14.1 Å². The molecule has 0 N–H and O–H groups in total. The summed E-state index contributed by atoms with van der Waals surface area (Å²) >= 11 is 0. The molecular weight excluding hydrogens is 824 g/mol. The van der Waals surface area contributed by atoms with Gasteiger partial charge in [0.1, 0.15) is 17.0 Å². The fourth-order valence-electron chi connectivity index (χ4n) is 7.16. The number of fused-ring (bicyclic) bond motifs is 7. The Morgan fingerprint density at radius 2 is 1.42 bits per heavy atom. The van der Waals surface area contributed by atoms with Gasteiger partial charge in [-0.15, -0.1) is 47.0 Å². The zero-order valence-electron chi connectivity index (χ0n) is 30.3. The summed E-state index contributed by atoms with van der Waals surface area (Å²) in [6.45, 7) is 15.4. The number of hydrogen-bond acceptors (Lipinski definition) is 5. The predicted octanol–water partition coefficient (Wildman–Crippen LogP) is 11.8. The minimum atomic E-state index is -0.134. The Bertz CT molecular complexity index is 2660. The van der Waals surface area contributed by atoms with Gasteiger partial charge in [0, 0.05) is 72.5 Å². The van der Waals surface area contributed by atoms with Crippen molar-refractivity contribution in [1.82, 2.24) is 9.55 Å². The summed E-state index contributed by atoms with van der Waals surface area (Å²) in [5, 5.41) is 4.43. The van der Waals surface area contributed by atoms with Gasteiger partial charge in [-0.1, -0.05) is 83.5 Å². The molecule has 1 aliphatic heterocycles. The first-order valence-electron chi connectivity index (χ1n) is 17.4. The van der Waals surface area contributed by atoms with Crippen molar-refractivity contribution in [3.63, 3.8) is 0 Å². The van der Waals surface area contributed by atoms with Crippen LogP contribution < -0.4 is 14.5 Å². The Labute approximate surface area is 318 Å². The summed E-state index contributed by atoms with van der Waals surface area (Å²) in [7, 11) is 2.06. The molecule has 0 saturated carbocycles. The maximum atomic E-state index is 6.70. The van der Waals surface area contributed by atoms with Crippen molar-refractivity contribution in [2.75, 3.05) is 16.8 Å². The van der Waals surface area contributed by atoms with Gasteiger partial charge < -0.3 is 23.5 Å². The number of nitrogens with zero attached hydrogens (tertiary/aromatic N) is 4. The van der Waals surface area contributed by atoms with Crippen molar-refractivity contribution in [3.05, 3.63) is 133 Å². The third-order valence-corrected chi connectivity index (χ3v) is 9.98. The number of ether oxygens (including phenoxy) is 1. The fourth-order valence-corrected chi connectivity index (χ4v) is 7.16. The van der Waals surface area contributed by atoms with E-state index in [1.54, 1.807) is 0 Å². The van der Waals surface area contributed by atoms with Gasteiger partial charge >= 0.3 is 0 Å². The summed E-state index contributed by atoms with van der Waals surface area (Å²) in [6, 6.07) is 41.0. The maximum Gasteiger partial charge on any atom is 0.137 e.